The maximum absolute atomic E-state index is 12.8. The first kappa shape index (κ1) is 53.9. The van der Waals surface area contributed by atoms with Crippen molar-refractivity contribution in [1.82, 2.24) is 0 Å². The number of carbonyl (C=O) groups excluding carboxylic acids is 2. The van der Waals surface area contributed by atoms with Crippen molar-refractivity contribution in [2.75, 3.05) is 19.0 Å². The quantitative estimate of drug-likeness (QED) is 0.0202. The van der Waals surface area contributed by atoms with Crippen molar-refractivity contribution in [3.63, 3.8) is 0 Å². The van der Waals surface area contributed by atoms with E-state index in [1.807, 2.05) is 0 Å². The number of esters is 2. The second kappa shape index (κ2) is 35.6. The molecule has 1 rings (SSSR count). The molecule has 58 heavy (non-hydrogen) atoms. The molecule has 6 atom stereocenters. The highest BCUT2D eigenvalue weighted by Crippen LogP contribution is 2.24. The zero-order chi connectivity index (χ0) is 42.7. The minimum atomic E-state index is -4.60. The molecular weight excluding hydrogens is 765 g/mol. The monoisotopic (exact) mass is 845 g/mol. The lowest BCUT2D eigenvalue weighted by atomic mass is 10.00. The summed E-state index contributed by atoms with van der Waals surface area (Å²) in [5.74, 6) is -2.02. The standard InChI is InChI=1S/C45H80O12S/c1-3-5-7-9-11-13-15-17-19-21-23-25-27-29-31-33-40(46)54-35-38(36-55-45-44(50)43(49)42(48)39(57-45)37-58(51,52)53)56-41(47)34-32-30-28-26-24-22-20-18-16-14-12-10-8-6-4-2/h11,13,17,19,22,24,38-39,42-45,48-50H,3-10,12,14-16,18,20-21,23,25-37H2,1-2H3,(H,51,52,53)/b13-11+,19-17+,24-22+/t38-,39-,42-,43?,44?,45+/m1/s1. The Morgan fingerprint density at radius 1 is 0.586 bits per heavy atom. The SMILES string of the molecule is CCCCC/C=C/C/C=C/CCCCCCCC(=O)OC[C@H](CO[C@H]1O[C@H](CS(=O)(=O)O)[C@@H](O)C(O)C1O)OC(=O)CCCCC/C=C/CCCCCCCCCC. The van der Waals surface area contributed by atoms with Gasteiger partial charge in [0.15, 0.2) is 12.4 Å². The number of hydrogen-bond donors (Lipinski definition) is 4. The summed E-state index contributed by atoms with van der Waals surface area (Å²) in [6.07, 6.45) is 30.4. The molecule has 0 aromatic rings. The van der Waals surface area contributed by atoms with Crippen molar-refractivity contribution < 1.29 is 56.8 Å². The molecule has 0 spiro atoms. The summed E-state index contributed by atoms with van der Waals surface area (Å²) in [4.78, 5) is 25.4. The fourth-order valence-electron chi connectivity index (χ4n) is 6.64. The van der Waals surface area contributed by atoms with Gasteiger partial charge in [-0.15, -0.1) is 0 Å². The van der Waals surface area contributed by atoms with Crippen LogP contribution >= 0.6 is 0 Å². The van der Waals surface area contributed by atoms with E-state index in [9.17, 15) is 37.9 Å². The normalized spacial score (nSPS) is 20.7. The lowest BCUT2D eigenvalue weighted by Gasteiger charge is -2.40. The van der Waals surface area contributed by atoms with Crippen molar-refractivity contribution in [1.29, 1.82) is 0 Å². The second-order valence-electron chi connectivity index (χ2n) is 15.7. The van der Waals surface area contributed by atoms with Crippen LogP contribution in [0.1, 0.15) is 181 Å². The van der Waals surface area contributed by atoms with Gasteiger partial charge in [-0.3, -0.25) is 14.1 Å². The van der Waals surface area contributed by atoms with Gasteiger partial charge >= 0.3 is 11.9 Å². The molecule has 0 saturated carbocycles. The van der Waals surface area contributed by atoms with Crippen LogP contribution in [-0.2, 0) is 38.7 Å². The Hall–Kier alpha value is -2.13. The van der Waals surface area contributed by atoms with Crippen molar-refractivity contribution >= 4 is 22.1 Å². The van der Waals surface area contributed by atoms with E-state index in [2.05, 4.69) is 50.3 Å². The van der Waals surface area contributed by atoms with E-state index in [0.717, 1.165) is 70.6 Å². The Kier molecular flexibility index (Phi) is 33.1. The molecule has 0 aliphatic carbocycles. The summed E-state index contributed by atoms with van der Waals surface area (Å²) >= 11 is 0. The first-order chi connectivity index (χ1) is 28.0. The average Bonchev–Trinajstić information content (AvgIpc) is 3.18. The van der Waals surface area contributed by atoms with Gasteiger partial charge in [0.1, 0.15) is 36.8 Å². The highest BCUT2D eigenvalue weighted by atomic mass is 32.2. The zero-order valence-corrected chi connectivity index (χ0v) is 36.7. The molecule has 1 fully saturated rings. The Balaban J connectivity index is 2.48. The number of aliphatic hydroxyl groups is 3. The number of hydrogen-bond acceptors (Lipinski definition) is 11. The predicted molar refractivity (Wildman–Crippen MR) is 229 cm³/mol. The summed E-state index contributed by atoms with van der Waals surface area (Å²) in [6, 6.07) is 0. The van der Waals surface area contributed by atoms with Gasteiger partial charge in [0.25, 0.3) is 10.1 Å². The molecule has 1 aliphatic rings. The first-order valence-electron chi connectivity index (χ1n) is 22.5. The van der Waals surface area contributed by atoms with Crippen LogP contribution in [0, 0.1) is 0 Å². The summed E-state index contributed by atoms with van der Waals surface area (Å²) < 4.78 is 54.0. The number of unbranched alkanes of at least 4 members (excludes halogenated alkanes) is 19. The number of rotatable bonds is 37. The van der Waals surface area contributed by atoms with Crippen molar-refractivity contribution in [2.24, 2.45) is 0 Å². The second-order valence-corrected chi connectivity index (χ2v) is 17.2. The van der Waals surface area contributed by atoms with Gasteiger partial charge in [0, 0.05) is 12.8 Å². The average molecular weight is 845 g/mol. The molecular formula is C45H80O12S. The molecule has 1 aliphatic heterocycles. The summed E-state index contributed by atoms with van der Waals surface area (Å²) in [6.45, 7) is 3.70. The van der Waals surface area contributed by atoms with E-state index < -0.39 is 71.2 Å². The van der Waals surface area contributed by atoms with Crippen molar-refractivity contribution in [3.05, 3.63) is 36.5 Å². The summed E-state index contributed by atoms with van der Waals surface area (Å²) in [7, 11) is -4.60. The number of carbonyl (C=O) groups is 2. The van der Waals surface area contributed by atoms with Crippen molar-refractivity contribution in [2.45, 2.75) is 218 Å². The summed E-state index contributed by atoms with van der Waals surface area (Å²) in [5.41, 5.74) is 0. The maximum atomic E-state index is 12.8. The third-order valence-electron chi connectivity index (χ3n) is 10.2. The van der Waals surface area contributed by atoms with Crippen LogP contribution in [0.25, 0.3) is 0 Å². The lowest BCUT2D eigenvalue weighted by Crippen LogP contribution is -2.60. The molecule has 0 bridgehead atoms. The van der Waals surface area contributed by atoms with Crippen molar-refractivity contribution in [3.8, 4) is 0 Å². The number of ether oxygens (including phenoxy) is 4. The van der Waals surface area contributed by atoms with Crippen LogP contribution in [-0.4, -0.2) is 96.0 Å². The van der Waals surface area contributed by atoms with E-state index in [0.29, 0.717) is 12.8 Å². The molecule has 1 heterocycles. The largest absolute Gasteiger partial charge is 0.462 e. The van der Waals surface area contributed by atoms with Gasteiger partial charge < -0.3 is 34.3 Å². The Labute approximate surface area is 351 Å². The van der Waals surface area contributed by atoms with E-state index in [1.54, 1.807) is 0 Å². The highest BCUT2D eigenvalue weighted by molar-refractivity contribution is 7.85. The Bertz CT molecular complexity index is 1220. The van der Waals surface area contributed by atoms with E-state index >= 15 is 0 Å². The Morgan fingerprint density at radius 3 is 1.59 bits per heavy atom. The number of allylic oxidation sites excluding steroid dienone is 6. The van der Waals surface area contributed by atoms with Crippen LogP contribution in [0.2, 0.25) is 0 Å². The molecule has 338 valence electrons. The minimum absolute atomic E-state index is 0.141. The van der Waals surface area contributed by atoms with Crippen LogP contribution in [0.15, 0.2) is 36.5 Å². The van der Waals surface area contributed by atoms with Gasteiger partial charge in [-0.25, -0.2) is 0 Å². The molecule has 1 saturated heterocycles. The molecule has 0 radical (unpaired) electrons. The molecule has 2 unspecified atom stereocenters. The molecule has 13 heteroatoms. The molecule has 0 aromatic heterocycles. The molecule has 4 N–H and O–H groups in total. The van der Waals surface area contributed by atoms with E-state index in [4.69, 9.17) is 18.9 Å². The highest BCUT2D eigenvalue weighted by Gasteiger charge is 2.46. The topological polar surface area (TPSA) is 186 Å². The van der Waals surface area contributed by atoms with Crippen LogP contribution in [0.3, 0.4) is 0 Å². The number of aliphatic hydroxyl groups excluding tert-OH is 3. The predicted octanol–water partition coefficient (Wildman–Crippen LogP) is 9.00. The maximum Gasteiger partial charge on any atom is 0.306 e. The van der Waals surface area contributed by atoms with E-state index in [1.165, 1.54) is 70.6 Å². The molecule has 0 amide bonds. The van der Waals surface area contributed by atoms with Gasteiger partial charge in [0.05, 0.1) is 6.61 Å². The van der Waals surface area contributed by atoms with Crippen LogP contribution < -0.4 is 0 Å². The van der Waals surface area contributed by atoms with Crippen LogP contribution in [0.4, 0.5) is 0 Å². The van der Waals surface area contributed by atoms with E-state index in [-0.39, 0.29) is 19.4 Å². The zero-order valence-electron chi connectivity index (χ0n) is 35.9. The third kappa shape index (κ3) is 30.0. The minimum Gasteiger partial charge on any atom is -0.462 e. The third-order valence-corrected chi connectivity index (χ3v) is 10.9. The molecule has 0 aromatic carbocycles. The lowest BCUT2D eigenvalue weighted by molar-refractivity contribution is -0.297. The summed E-state index contributed by atoms with van der Waals surface area (Å²) in [5, 5.41) is 30.9. The first-order valence-corrected chi connectivity index (χ1v) is 24.2. The van der Waals surface area contributed by atoms with Crippen LogP contribution in [0.5, 0.6) is 0 Å². The van der Waals surface area contributed by atoms with Gasteiger partial charge in [-0.2, -0.15) is 8.42 Å². The Morgan fingerprint density at radius 2 is 1.03 bits per heavy atom. The fraction of sp³-hybridized carbons (Fsp3) is 0.822. The van der Waals surface area contributed by atoms with Gasteiger partial charge in [0.2, 0.25) is 0 Å². The molecule has 12 nitrogen and oxygen atoms in total. The van der Waals surface area contributed by atoms with Gasteiger partial charge in [-0.1, -0.05) is 134 Å². The smallest absolute Gasteiger partial charge is 0.306 e. The fourth-order valence-corrected chi connectivity index (χ4v) is 7.33. The van der Waals surface area contributed by atoms with Gasteiger partial charge in [-0.05, 0) is 70.6 Å².